The van der Waals surface area contributed by atoms with Gasteiger partial charge in [-0.15, -0.1) is 0 Å². The first-order valence-electron chi connectivity index (χ1n) is 7.53. The minimum absolute atomic E-state index is 0.129. The smallest absolute Gasteiger partial charge is 0.267 e. The van der Waals surface area contributed by atoms with Crippen molar-refractivity contribution in [3.63, 3.8) is 0 Å². The first-order valence-corrected chi connectivity index (χ1v) is 7.53. The number of aryl methyl sites for hydroxylation is 1. The van der Waals surface area contributed by atoms with Crippen LogP contribution in [0.15, 0.2) is 29.1 Å². The number of aromatic nitrogens is 2. The molecule has 1 heterocycles. The second-order valence-electron chi connectivity index (χ2n) is 5.73. The van der Waals surface area contributed by atoms with Gasteiger partial charge in [0.25, 0.3) is 11.5 Å². The summed E-state index contributed by atoms with van der Waals surface area (Å²) >= 11 is 0. The summed E-state index contributed by atoms with van der Waals surface area (Å²) in [6, 6.07) is 7.51. The number of primary amides is 1. The summed E-state index contributed by atoms with van der Waals surface area (Å²) < 4.78 is 0. The van der Waals surface area contributed by atoms with Crippen LogP contribution < -0.4 is 21.9 Å². The van der Waals surface area contributed by atoms with E-state index in [-0.39, 0.29) is 17.3 Å². The van der Waals surface area contributed by atoms with Crippen molar-refractivity contribution in [3.8, 4) is 0 Å². The molecule has 2 aromatic rings. The van der Waals surface area contributed by atoms with Crippen molar-refractivity contribution in [2.75, 3.05) is 37.8 Å². The highest BCUT2D eigenvalue weighted by Crippen LogP contribution is 2.18. The van der Waals surface area contributed by atoms with Gasteiger partial charge in [0.1, 0.15) is 5.56 Å². The fourth-order valence-electron chi connectivity index (χ4n) is 2.13. The van der Waals surface area contributed by atoms with Gasteiger partial charge in [0.2, 0.25) is 5.95 Å². The molecule has 128 valence electrons. The summed E-state index contributed by atoms with van der Waals surface area (Å²) in [7, 11) is 3.89. The van der Waals surface area contributed by atoms with E-state index in [1.807, 2.05) is 50.2 Å². The van der Waals surface area contributed by atoms with Gasteiger partial charge >= 0.3 is 0 Å². The van der Waals surface area contributed by atoms with E-state index in [1.54, 1.807) is 0 Å². The third kappa shape index (κ3) is 4.56. The monoisotopic (exact) mass is 330 g/mol. The van der Waals surface area contributed by atoms with Gasteiger partial charge in [0.15, 0.2) is 5.82 Å². The number of nitrogens with one attached hydrogen (secondary N) is 3. The highest BCUT2D eigenvalue weighted by atomic mass is 16.2. The van der Waals surface area contributed by atoms with Crippen LogP contribution in [0.3, 0.4) is 0 Å². The highest BCUT2D eigenvalue weighted by Gasteiger charge is 2.17. The molecule has 5 N–H and O–H groups in total. The number of anilines is 3. The summed E-state index contributed by atoms with van der Waals surface area (Å²) in [6.07, 6.45) is 0. The highest BCUT2D eigenvalue weighted by molar-refractivity contribution is 5.98. The van der Waals surface area contributed by atoms with E-state index in [2.05, 4.69) is 20.6 Å². The number of aromatic amines is 1. The Bertz CT molecular complexity index is 784. The van der Waals surface area contributed by atoms with Crippen molar-refractivity contribution >= 4 is 23.4 Å². The number of carbonyl (C=O) groups excluding carboxylic acids is 1. The molecule has 2 rings (SSSR count). The molecule has 0 saturated heterocycles. The van der Waals surface area contributed by atoms with Crippen LogP contribution in [0, 0.1) is 6.92 Å². The fraction of sp³-hybridized carbons (Fsp3) is 0.312. The van der Waals surface area contributed by atoms with E-state index in [0.29, 0.717) is 6.54 Å². The van der Waals surface area contributed by atoms with Gasteiger partial charge in [0.05, 0.1) is 0 Å². The zero-order valence-corrected chi connectivity index (χ0v) is 14.0. The predicted molar refractivity (Wildman–Crippen MR) is 94.9 cm³/mol. The number of amides is 1. The maximum absolute atomic E-state index is 12.2. The van der Waals surface area contributed by atoms with Crippen LogP contribution in [0.1, 0.15) is 15.9 Å². The Labute approximate surface area is 140 Å². The minimum atomic E-state index is -0.834. The summed E-state index contributed by atoms with van der Waals surface area (Å²) in [4.78, 5) is 32.6. The van der Waals surface area contributed by atoms with Crippen molar-refractivity contribution in [2.45, 2.75) is 6.92 Å². The van der Waals surface area contributed by atoms with Crippen LogP contribution in [0.2, 0.25) is 0 Å². The zero-order valence-electron chi connectivity index (χ0n) is 14.0. The van der Waals surface area contributed by atoms with Crippen molar-refractivity contribution in [1.82, 2.24) is 14.9 Å². The van der Waals surface area contributed by atoms with Crippen LogP contribution in [0.5, 0.6) is 0 Å². The molecule has 0 radical (unpaired) electrons. The van der Waals surface area contributed by atoms with Crippen molar-refractivity contribution in [3.05, 3.63) is 45.7 Å². The van der Waals surface area contributed by atoms with Crippen molar-refractivity contribution in [2.24, 2.45) is 5.73 Å². The van der Waals surface area contributed by atoms with Gasteiger partial charge in [-0.05, 0) is 38.7 Å². The molecule has 8 heteroatoms. The van der Waals surface area contributed by atoms with E-state index >= 15 is 0 Å². The van der Waals surface area contributed by atoms with Gasteiger partial charge < -0.3 is 21.3 Å². The lowest BCUT2D eigenvalue weighted by atomic mass is 10.2. The molecule has 0 fully saturated rings. The number of rotatable bonds is 7. The van der Waals surface area contributed by atoms with Crippen molar-refractivity contribution in [1.29, 1.82) is 0 Å². The van der Waals surface area contributed by atoms with Crippen LogP contribution >= 0.6 is 0 Å². The fourth-order valence-corrected chi connectivity index (χ4v) is 2.13. The van der Waals surface area contributed by atoms with E-state index in [1.165, 1.54) is 0 Å². The van der Waals surface area contributed by atoms with Gasteiger partial charge in [-0.25, -0.2) is 0 Å². The summed E-state index contributed by atoms with van der Waals surface area (Å²) in [5.41, 5.74) is 6.29. The maximum atomic E-state index is 12.2. The van der Waals surface area contributed by atoms with Gasteiger partial charge in [-0.3, -0.25) is 14.6 Å². The standard InChI is InChI=1S/C16H22N6O2/c1-10-5-4-6-11(9-10)19-14-12(13(17)23)15(24)21-16(20-14)18-7-8-22(2)3/h4-6,9H,7-8H2,1-3H3,(H2,17,23)(H3,18,19,20,21,24). The number of nitrogens with zero attached hydrogens (tertiary/aromatic N) is 2. The van der Waals surface area contributed by atoms with Crippen LogP contribution in [0.25, 0.3) is 0 Å². The molecule has 0 spiro atoms. The second kappa shape index (κ2) is 7.60. The van der Waals surface area contributed by atoms with Crippen LogP contribution in [-0.4, -0.2) is 48.0 Å². The number of likely N-dealkylation sites (N-methyl/N-ethyl adjacent to an activating group) is 1. The lowest BCUT2D eigenvalue weighted by molar-refractivity contribution is 0.0999. The molecule has 0 unspecified atom stereocenters. The predicted octanol–water partition coefficient (Wildman–Crippen LogP) is 0.894. The number of benzene rings is 1. The zero-order chi connectivity index (χ0) is 17.7. The average Bonchev–Trinajstić information content (AvgIpc) is 2.46. The number of carbonyl (C=O) groups is 1. The number of nitrogens with two attached hydrogens (primary N) is 1. The molecule has 24 heavy (non-hydrogen) atoms. The molecule has 0 atom stereocenters. The molecule has 0 aliphatic heterocycles. The molecule has 0 aliphatic carbocycles. The summed E-state index contributed by atoms with van der Waals surface area (Å²) in [5.74, 6) is -0.426. The quantitative estimate of drug-likeness (QED) is 0.599. The van der Waals surface area contributed by atoms with Gasteiger partial charge in [-0.2, -0.15) is 4.98 Å². The Kier molecular flexibility index (Phi) is 5.54. The molecule has 1 amide bonds. The molecule has 0 bridgehead atoms. The normalized spacial score (nSPS) is 10.7. The van der Waals surface area contributed by atoms with Crippen LogP contribution in [0.4, 0.5) is 17.5 Å². The number of H-pyrrole nitrogens is 1. The second-order valence-corrected chi connectivity index (χ2v) is 5.73. The van der Waals surface area contributed by atoms with Gasteiger partial charge in [0, 0.05) is 18.8 Å². The Hall–Kier alpha value is -2.87. The van der Waals surface area contributed by atoms with Crippen molar-refractivity contribution < 1.29 is 4.79 Å². The van der Waals surface area contributed by atoms with E-state index < -0.39 is 11.5 Å². The molecule has 1 aromatic heterocycles. The lowest BCUT2D eigenvalue weighted by Crippen LogP contribution is -2.28. The SMILES string of the molecule is Cc1cccc(Nc2nc(NCCN(C)C)[nH]c(=O)c2C(N)=O)c1. The van der Waals surface area contributed by atoms with Gasteiger partial charge in [-0.1, -0.05) is 12.1 Å². The summed E-state index contributed by atoms with van der Waals surface area (Å²) in [6.45, 7) is 3.30. The summed E-state index contributed by atoms with van der Waals surface area (Å²) in [5, 5.41) is 6.01. The lowest BCUT2D eigenvalue weighted by Gasteiger charge is -2.13. The Morgan fingerprint density at radius 1 is 1.38 bits per heavy atom. The molecular formula is C16H22N6O2. The number of hydrogen-bond acceptors (Lipinski definition) is 6. The van der Waals surface area contributed by atoms with E-state index in [9.17, 15) is 9.59 Å². The minimum Gasteiger partial charge on any atom is -0.365 e. The Morgan fingerprint density at radius 2 is 2.12 bits per heavy atom. The molecule has 1 aromatic carbocycles. The molecule has 0 aliphatic rings. The van der Waals surface area contributed by atoms with Crippen LogP contribution in [-0.2, 0) is 0 Å². The molecular weight excluding hydrogens is 308 g/mol. The first kappa shape index (κ1) is 17.5. The largest absolute Gasteiger partial charge is 0.365 e. The average molecular weight is 330 g/mol. The molecule has 0 saturated carbocycles. The Morgan fingerprint density at radius 3 is 2.75 bits per heavy atom. The molecule has 8 nitrogen and oxygen atoms in total. The maximum Gasteiger partial charge on any atom is 0.267 e. The third-order valence-electron chi connectivity index (χ3n) is 3.30. The number of hydrogen-bond donors (Lipinski definition) is 4. The third-order valence-corrected chi connectivity index (χ3v) is 3.30. The van der Waals surface area contributed by atoms with E-state index in [4.69, 9.17) is 5.73 Å². The topological polar surface area (TPSA) is 116 Å². The van der Waals surface area contributed by atoms with E-state index in [0.717, 1.165) is 17.8 Å². The Balaban J connectivity index is 2.33. The first-order chi connectivity index (χ1) is 11.4.